The molecule has 1 aliphatic heterocycles. The van der Waals surface area contributed by atoms with Crippen LogP contribution < -0.4 is 10.0 Å². The van der Waals surface area contributed by atoms with Crippen LogP contribution in [0, 0.1) is 5.92 Å². The lowest BCUT2D eigenvalue weighted by Crippen LogP contribution is -2.38. The van der Waals surface area contributed by atoms with Gasteiger partial charge in [-0.05, 0) is 50.0 Å². The van der Waals surface area contributed by atoms with Crippen molar-refractivity contribution in [1.29, 1.82) is 0 Å². The zero-order chi connectivity index (χ0) is 15.3. The molecule has 0 spiro atoms. The number of hydrogen-bond acceptors (Lipinski definition) is 5. The fourth-order valence-electron chi connectivity index (χ4n) is 2.32. The number of carbonyl (C=O) groups is 1. The molecule has 1 aromatic carbocycles. The lowest BCUT2D eigenvalue weighted by Gasteiger charge is -2.22. The van der Waals surface area contributed by atoms with Crippen LogP contribution in [0.25, 0.3) is 0 Å². The molecule has 0 saturated carbocycles. The normalized spacial score (nSPS) is 19.2. The standard InChI is InChI=1S/C14H20N2O4S/c1-20-14(17)12-5-2-6-13(8-12)21(18,19)16-10-11-4-3-7-15-9-11/h2,5-6,8,11,15-16H,3-4,7,9-10H2,1H3. The smallest absolute Gasteiger partial charge is 0.337 e. The van der Waals surface area contributed by atoms with E-state index >= 15 is 0 Å². The number of piperidine rings is 1. The average Bonchev–Trinajstić information content (AvgIpc) is 2.53. The Balaban J connectivity index is 2.06. The minimum absolute atomic E-state index is 0.0779. The van der Waals surface area contributed by atoms with Crippen molar-refractivity contribution >= 4 is 16.0 Å². The van der Waals surface area contributed by atoms with Crippen LogP contribution in [0.3, 0.4) is 0 Å². The first-order valence-electron chi connectivity index (χ1n) is 6.91. The monoisotopic (exact) mass is 312 g/mol. The number of rotatable bonds is 5. The zero-order valence-corrected chi connectivity index (χ0v) is 12.8. The number of methoxy groups -OCH3 is 1. The van der Waals surface area contributed by atoms with Crippen LogP contribution in [0.5, 0.6) is 0 Å². The van der Waals surface area contributed by atoms with Crippen LogP contribution in [-0.4, -0.2) is 41.1 Å². The van der Waals surface area contributed by atoms with Crippen LogP contribution in [-0.2, 0) is 14.8 Å². The van der Waals surface area contributed by atoms with Crippen molar-refractivity contribution < 1.29 is 17.9 Å². The van der Waals surface area contributed by atoms with Gasteiger partial charge in [0.2, 0.25) is 10.0 Å². The van der Waals surface area contributed by atoms with E-state index in [0.29, 0.717) is 12.5 Å². The fraction of sp³-hybridized carbons (Fsp3) is 0.500. The Morgan fingerprint density at radius 1 is 1.48 bits per heavy atom. The molecule has 1 heterocycles. The Kier molecular flexibility index (Phi) is 5.33. The van der Waals surface area contributed by atoms with Crippen molar-refractivity contribution in [1.82, 2.24) is 10.0 Å². The van der Waals surface area contributed by atoms with E-state index in [4.69, 9.17) is 0 Å². The minimum atomic E-state index is -3.61. The van der Waals surface area contributed by atoms with Gasteiger partial charge in [0.25, 0.3) is 0 Å². The molecule has 0 bridgehead atoms. The van der Waals surface area contributed by atoms with Gasteiger partial charge in [0.1, 0.15) is 0 Å². The van der Waals surface area contributed by atoms with Crippen LogP contribution in [0.4, 0.5) is 0 Å². The van der Waals surface area contributed by atoms with Gasteiger partial charge < -0.3 is 10.1 Å². The van der Waals surface area contributed by atoms with Gasteiger partial charge in [0.05, 0.1) is 17.6 Å². The lowest BCUT2D eigenvalue weighted by molar-refractivity contribution is 0.0600. The molecule has 1 saturated heterocycles. The maximum atomic E-state index is 12.3. The maximum Gasteiger partial charge on any atom is 0.337 e. The van der Waals surface area contributed by atoms with Gasteiger partial charge >= 0.3 is 5.97 Å². The molecule has 1 fully saturated rings. The number of benzene rings is 1. The number of carbonyl (C=O) groups excluding carboxylic acids is 1. The summed E-state index contributed by atoms with van der Waals surface area (Å²) < 4.78 is 31.7. The zero-order valence-electron chi connectivity index (χ0n) is 12.0. The molecule has 116 valence electrons. The Morgan fingerprint density at radius 2 is 2.29 bits per heavy atom. The lowest BCUT2D eigenvalue weighted by atomic mass is 10.0. The van der Waals surface area contributed by atoms with Crippen LogP contribution in [0.1, 0.15) is 23.2 Å². The summed E-state index contributed by atoms with van der Waals surface area (Å²) in [6, 6.07) is 5.85. The Labute approximate surface area is 124 Å². The Bertz CT molecular complexity index is 595. The van der Waals surface area contributed by atoms with E-state index in [-0.39, 0.29) is 10.5 Å². The van der Waals surface area contributed by atoms with E-state index in [9.17, 15) is 13.2 Å². The highest BCUT2D eigenvalue weighted by Crippen LogP contribution is 2.14. The molecule has 0 aromatic heterocycles. The predicted molar refractivity (Wildman–Crippen MR) is 78.6 cm³/mol. The quantitative estimate of drug-likeness (QED) is 0.784. The van der Waals surface area contributed by atoms with Gasteiger partial charge in [0.15, 0.2) is 0 Å². The van der Waals surface area contributed by atoms with Crippen LogP contribution in [0.2, 0.25) is 0 Å². The third-order valence-electron chi connectivity index (χ3n) is 3.53. The number of esters is 1. The summed E-state index contributed by atoms with van der Waals surface area (Å²) in [5.41, 5.74) is 0.222. The van der Waals surface area contributed by atoms with Crippen molar-refractivity contribution in [2.24, 2.45) is 5.92 Å². The third-order valence-corrected chi connectivity index (χ3v) is 4.95. The summed E-state index contributed by atoms with van der Waals surface area (Å²) in [4.78, 5) is 11.5. The van der Waals surface area contributed by atoms with Gasteiger partial charge in [-0.15, -0.1) is 0 Å². The Hall–Kier alpha value is -1.44. The highest BCUT2D eigenvalue weighted by molar-refractivity contribution is 7.89. The largest absolute Gasteiger partial charge is 0.465 e. The second-order valence-electron chi connectivity index (χ2n) is 5.08. The first-order valence-corrected chi connectivity index (χ1v) is 8.40. The third kappa shape index (κ3) is 4.26. The highest BCUT2D eigenvalue weighted by atomic mass is 32.2. The first-order chi connectivity index (χ1) is 10.0. The van der Waals surface area contributed by atoms with Crippen molar-refractivity contribution in [3.05, 3.63) is 29.8 Å². The number of sulfonamides is 1. The Morgan fingerprint density at radius 3 is 2.95 bits per heavy atom. The molecule has 1 atom stereocenters. The number of ether oxygens (including phenoxy) is 1. The van der Waals surface area contributed by atoms with E-state index < -0.39 is 16.0 Å². The summed E-state index contributed by atoms with van der Waals surface area (Å²) in [6.07, 6.45) is 2.07. The molecule has 1 unspecified atom stereocenters. The topological polar surface area (TPSA) is 84.5 Å². The highest BCUT2D eigenvalue weighted by Gasteiger charge is 2.19. The summed E-state index contributed by atoms with van der Waals surface area (Å²) in [5.74, 6) is -0.249. The van der Waals surface area contributed by atoms with E-state index in [1.165, 1.54) is 31.4 Å². The molecule has 2 N–H and O–H groups in total. The molecular formula is C14H20N2O4S. The summed E-state index contributed by atoms with van der Waals surface area (Å²) in [6.45, 7) is 2.22. The molecule has 1 aliphatic rings. The van der Waals surface area contributed by atoms with Gasteiger partial charge in [0, 0.05) is 6.54 Å². The molecule has 2 rings (SSSR count). The first kappa shape index (κ1) is 15.9. The van der Waals surface area contributed by atoms with Gasteiger partial charge in [-0.3, -0.25) is 0 Å². The summed E-state index contributed by atoms with van der Waals surface area (Å²) in [7, 11) is -2.35. The molecule has 0 aliphatic carbocycles. The second-order valence-corrected chi connectivity index (χ2v) is 6.85. The summed E-state index contributed by atoms with van der Waals surface area (Å²) >= 11 is 0. The maximum absolute atomic E-state index is 12.3. The van der Waals surface area contributed by atoms with Crippen LogP contribution >= 0.6 is 0 Å². The van der Waals surface area contributed by atoms with E-state index in [0.717, 1.165) is 25.9 Å². The molecule has 7 heteroatoms. The van der Waals surface area contributed by atoms with Gasteiger partial charge in [-0.2, -0.15) is 0 Å². The van der Waals surface area contributed by atoms with Crippen molar-refractivity contribution in [3.8, 4) is 0 Å². The number of hydrogen-bond donors (Lipinski definition) is 2. The average molecular weight is 312 g/mol. The minimum Gasteiger partial charge on any atom is -0.465 e. The summed E-state index contributed by atoms with van der Waals surface area (Å²) in [5, 5.41) is 3.25. The van der Waals surface area contributed by atoms with Crippen molar-refractivity contribution in [2.75, 3.05) is 26.7 Å². The van der Waals surface area contributed by atoms with Crippen molar-refractivity contribution in [2.45, 2.75) is 17.7 Å². The van der Waals surface area contributed by atoms with Gasteiger partial charge in [-0.25, -0.2) is 17.9 Å². The molecule has 21 heavy (non-hydrogen) atoms. The molecular weight excluding hydrogens is 292 g/mol. The molecule has 0 amide bonds. The molecule has 0 radical (unpaired) electrons. The van der Waals surface area contributed by atoms with E-state index in [1.54, 1.807) is 0 Å². The SMILES string of the molecule is COC(=O)c1cccc(S(=O)(=O)NCC2CCCNC2)c1. The molecule has 6 nitrogen and oxygen atoms in total. The molecule has 1 aromatic rings. The fourth-order valence-corrected chi connectivity index (χ4v) is 3.48. The van der Waals surface area contributed by atoms with Crippen molar-refractivity contribution in [3.63, 3.8) is 0 Å². The number of nitrogens with one attached hydrogen (secondary N) is 2. The van der Waals surface area contributed by atoms with E-state index in [2.05, 4.69) is 14.8 Å². The second kappa shape index (κ2) is 7.02. The van der Waals surface area contributed by atoms with Gasteiger partial charge in [-0.1, -0.05) is 6.07 Å². The van der Waals surface area contributed by atoms with Crippen LogP contribution in [0.15, 0.2) is 29.2 Å². The predicted octanol–water partition coefficient (Wildman–Crippen LogP) is 0.751. The van der Waals surface area contributed by atoms with E-state index in [1.807, 2.05) is 0 Å².